The number of nitrogens with zero attached hydrogens (tertiary/aromatic N) is 1. The van der Waals surface area contributed by atoms with E-state index in [0.717, 1.165) is 31.8 Å². The molecule has 0 atom stereocenters. The van der Waals surface area contributed by atoms with E-state index in [1.807, 2.05) is 18.7 Å². The average molecular weight is 242 g/mol. The molecule has 2 amide bonds. The van der Waals surface area contributed by atoms with Crippen molar-refractivity contribution < 1.29 is 9.90 Å². The van der Waals surface area contributed by atoms with E-state index in [0.29, 0.717) is 19.4 Å². The third-order valence-electron chi connectivity index (χ3n) is 3.96. The van der Waals surface area contributed by atoms with Crippen molar-refractivity contribution in [2.75, 3.05) is 19.6 Å². The Bertz CT molecular complexity index is 244. The largest absolute Gasteiger partial charge is 0.388 e. The van der Waals surface area contributed by atoms with Gasteiger partial charge in [-0.2, -0.15) is 0 Å². The lowest BCUT2D eigenvalue weighted by atomic mass is 9.97. The first-order valence-corrected chi connectivity index (χ1v) is 6.76. The van der Waals surface area contributed by atoms with Crippen LogP contribution < -0.4 is 5.32 Å². The van der Waals surface area contributed by atoms with Crippen LogP contribution in [0.3, 0.4) is 0 Å². The topological polar surface area (TPSA) is 52.6 Å². The quantitative estimate of drug-likeness (QED) is 0.792. The van der Waals surface area contributed by atoms with Crippen molar-refractivity contribution in [3.63, 3.8) is 0 Å². The maximum absolute atomic E-state index is 11.9. The molecule has 4 nitrogen and oxygen atoms in total. The summed E-state index contributed by atoms with van der Waals surface area (Å²) < 4.78 is 0. The number of hydrogen-bond acceptors (Lipinski definition) is 2. The van der Waals surface area contributed by atoms with Crippen molar-refractivity contribution >= 4 is 6.03 Å². The second-order valence-electron chi connectivity index (χ2n) is 5.26. The first-order valence-electron chi connectivity index (χ1n) is 6.76. The number of piperidine rings is 1. The average Bonchev–Trinajstić information content (AvgIpc) is 2.36. The molecule has 1 saturated heterocycles. The Balaban J connectivity index is 2.34. The van der Waals surface area contributed by atoms with Crippen molar-refractivity contribution in [1.82, 2.24) is 10.2 Å². The summed E-state index contributed by atoms with van der Waals surface area (Å²) in [4.78, 5) is 13.7. The van der Waals surface area contributed by atoms with Crippen LogP contribution in [0.25, 0.3) is 0 Å². The molecule has 0 aromatic rings. The number of rotatable bonds is 4. The fourth-order valence-electron chi connectivity index (χ4n) is 2.06. The number of carbonyl (C=O) groups is 1. The third-order valence-corrected chi connectivity index (χ3v) is 3.96. The van der Waals surface area contributed by atoms with Crippen molar-refractivity contribution in [2.24, 2.45) is 5.92 Å². The van der Waals surface area contributed by atoms with Crippen molar-refractivity contribution in [3.05, 3.63) is 0 Å². The molecule has 0 aromatic heterocycles. The summed E-state index contributed by atoms with van der Waals surface area (Å²) in [7, 11) is 0. The smallest absolute Gasteiger partial charge is 0.317 e. The lowest BCUT2D eigenvalue weighted by molar-refractivity contribution is 0.0331. The van der Waals surface area contributed by atoms with Gasteiger partial charge in [-0.3, -0.25) is 0 Å². The monoisotopic (exact) mass is 242 g/mol. The summed E-state index contributed by atoms with van der Waals surface area (Å²) in [6.07, 6.45) is 3.50. The van der Waals surface area contributed by atoms with Gasteiger partial charge in [-0.1, -0.05) is 20.8 Å². The van der Waals surface area contributed by atoms with Gasteiger partial charge in [0, 0.05) is 19.6 Å². The van der Waals surface area contributed by atoms with Gasteiger partial charge < -0.3 is 15.3 Å². The van der Waals surface area contributed by atoms with Crippen molar-refractivity contribution in [1.29, 1.82) is 0 Å². The predicted octanol–water partition coefficient (Wildman–Crippen LogP) is 1.98. The Kier molecular flexibility index (Phi) is 5.25. The zero-order chi connectivity index (χ0) is 12.9. The van der Waals surface area contributed by atoms with Gasteiger partial charge in [0.1, 0.15) is 0 Å². The highest BCUT2D eigenvalue weighted by Crippen LogP contribution is 2.17. The van der Waals surface area contributed by atoms with Gasteiger partial charge in [-0.15, -0.1) is 0 Å². The first kappa shape index (κ1) is 14.3. The number of amides is 2. The van der Waals surface area contributed by atoms with Gasteiger partial charge >= 0.3 is 6.03 Å². The molecule has 0 spiro atoms. The minimum Gasteiger partial charge on any atom is -0.388 e. The Morgan fingerprint density at radius 1 is 1.35 bits per heavy atom. The van der Waals surface area contributed by atoms with Crippen LogP contribution in [0.15, 0.2) is 0 Å². The van der Waals surface area contributed by atoms with E-state index >= 15 is 0 Å². The molecule has 1 aliphatic heterocycles. The summed E-state index contributed by atoms with van der Waals surface area (Å²) in [5.41, 5.74) is -0.751. The van der Waals surface area contributed by atoms with Gasteiger partial charge in [0.05, 0.1) is 5.60 Å². The summed E-state index contributed by atoms with van der Waals surface area (Å²) in [6, 6.07) is -0.0303. The zero-order valence-electron chi connectivity index (χ0n) is 11.3. The van der Waals surface area contributed by atoms with Gasteiger partial charge in [-0.25, -0.2) is 4.79 Å². The van der Waals surface area contributed by atoms with Gasteiger partial charge in [0.25, 0.3) is 0 Å². The van der Waals surface area contributed by atoms with Gasteiger partial charge in [-0.05, 0) is 31.6 Å². The number of hydrogen-bond donors (Lipinski definition) is 2. The van der Waals surface area contributed by atoms with E-state index in [2.05, 4.69) is 12.2 Å². The summed E-state index contributed by atoms with van der Waals surface area (Å²) in [6.45, 7) is 8.14. The number of carbonyl (C=O) groups excluding carboxylic acids is 1. The molecule has 0 saturated carbocycles. The van der Waals surface area contributed by atoms with E-state index in [-0.39, 0.29) is 6.03 Å². The minimum atomic E-state index is -0.751. The lowest BCUT2D eigenvalue weighted by Gasteiger charge is -2.32. The van der Waals surface area contributed by atoms with Crippen LogP contribution in [0.5, 0.6) is 0 Å². The number of aliphatic hydroxyl groups is 1. The SMILES string of the molecule is CCC(O)(CC)CNC(=O)N1CCC(C)CC1. The molecule has 0 unspecified atom stereocenters. The van der Waals surface area contributed by atoms with Crippen LogP contribution in [0, 0.1) is 5.92 Å². The second kappa shape index (κ2) is 6.24. The zero-order valence-corrected chi connectivity index (χ0v) is 11.3. The molecular formula is C13H26N2O2. The highest BCUT2D eigenvalue weighted by Gasteiger charge is 2.25. The van der Waals surface area contributed by atoms with E-state index in [1.165, 1.54) is 0 Å². The normalized spacial score (nSPS) is 18.2. The van der Waals surface area contributed by atoms with E-state index < -0.39 is 5.60 Å². The Morgan fingerprint density at radius 3 is 2.35 bits per heavy atom. The highest BCUT2D eigenvalue weighted by atomic mass is 16.3. The molecule has 1 heterocycles. The predicted molar refractivity (Wildman–Crippen MR) is 68.9 cm³/mol. The summed E-state index contributed by atoms with van der Waals surface area (Å²) in [5.74, 6) is 0.724. The molecule has 0 radical (unpaired) electrons. The number of urea groups is 1. The molecular weight excluding hydrogens is 216 g/mol. The molecule has 1 fully saturated rings. The van der Waals surface area contributed by atoms with Crippen molar-refractivity contribution in [3.8, 4) is 0 Å². The fourth-order valence-corrected chi connectivity index (χ4v) is 2.06. The number of nitrogens with one attached hydrogen (secondary N) is 1. The van der Waals surface area contributed by atoms with E-state index in [9.17, 15) is 9.90 Å². The number of likely N-dealkylation sites (tertiary alicyclic amines) is 1. The Hall–Kier alpha value is -0.770. The van der Waals surface area contributed by atoms with Crippen LogP contribution in [0.2, 0.25) is 0 Å². The standard InChI is InChI=1S/C13H26N2O2/c1-4-13(17,5-2)10-14-12(16)15-8-6-11(3)7-9-15/h11,17H,4-10H2,1-3H3,(H,14,16). The van der Waals surface area contributed by atoms with Gasteiger partial charge in [0.15, 0.2) is 0 Å². The molecule has 4 heteroatoms. The van der Waals surface area contributed by atoms with Crippen LogP contribution >= 0.6 is 0 Å². The molecule has 17 heavy (non-hydrogen) atoms. The maximum Gasteiger partial charge on any atom is 0.317 e. The Morgan fingerprint density at radius 2 is 1.88 bits per heavy atom. The van der Waals surface area contributed by atoms with Gasteiger partial charge in [0.2, 0.25) is 0 Å². The third kappa shape index (κ3) is 4.19. The molecule has 0 aromatic carbocycles. The van der Waals surface area contributed by atoms with Crippen LogP contribution in [-0.2, 0) is 0 Å². The molecule has 2 N–H and O–H groups in total. The molecule has 0 aliphatic carbocycles. The lowest BCUT2D eigenvalue weighted by Crippen LogP contribution is -2.49. The first-order chi connectivity index (χ1) is 8.00. The molecule has 100 valence electrons. The molecule has 0 bridgehead atoms. The van der Waals surface area contributed by atoms with Crippen LogP contribution in [-0.4, -0.2) is 41.3 Å². The van der Waals surface area contributed by atoms with Crippen molar-refractivity contribution in [2.45, 2.75) is 52.1 Å². The highest BCUT2D eigenvalue weighted by molar-refractivity contribution is 5.74. The second-order valence-corrected chi connectivity index (χ2v) is 5.26. The van der Waals surface area contributed by atoms with Crippen LogP contribution in [0.1, 0.15) is 46.5 Å². The van der Waals surface area contributed by atoms with E-state index in [4.69, 9.17) is 0 Å². The Labute approximate surface area is 104 Å². The maximum atomic E-state index is 11.9. The molecule has 1 rings (SSSR count). The molecule has 1 aliphatic rings. The minimum absolute atomic E-state index is 0.0303. The van der Waals surface area contributed by atoms with E-state index in [1.54, 1.807) is 0 Å². The van der Waals surface area contributed by atoms with Crippen LogP contribution in [0.4, 0.5) is 4.79 Å². The summed E-state index contributed by atoms with van der Waals surface area (Å²) >= 11 is 0. The summed E-state index contributed by atoms with van der Waals surface area (Å²) in [5, 5.41) is 12.9. The fraction of sp³-hybridized carbons (Fsp3) is 0.923.